The van der Waals surface area contributed by atoms with Gasteiger partial charge in [0.15, 0.2) is 10.2 Å². The molecule has 0 saturated carbocycles. The number of hydrazine groups is 1. The van der Waals surface area contributed by atoms with Crippen LogP contribution in [0.15, 0.2) is 12.1 Å². The van der Waals surface area contributed by atoms with Crippen molar-refractivity contribution in [2.75, 3.05) is 44.7 Å². The lowest BCUT2D eigenvalue weighted by molar-refractivity contribution is -0.906. The second-order valence-corrected chi connectivity index (χ2v) is 7.23. The fourth-order valence-corrected chi connectivity index (χ4v) is 3.31. The van der Waals surface area contributed by atoms with E-state index in [1.807, 2.05) is 26.0 Å². The summed E-state index contributed by atoms with van der Waals surface area (Å²) in [6, 6.07) is 3.94. The first kappa shape index (κ1) is 20.1. The van der Waals surface area contributed by atoms with Crippen molar-refractivity contribution in [1.29, 1.82) is 0 Å². The van der Waals surface area contributed by atoms with Crippen molar-refractivity contribution in [3.63, 3.8) is 0 Å². The summed E-state index contributed by atoms with van der Waals surface area (Å²) in [4.78, 5) is 1.52. The molecule has 0 bridgehead atoms. The van der Waals surface area contributed by atoms with Crippen molar-refractivity contribution in [2.45, 2.75) is 13.8 Å². The highest BCUT2D eigenvalue weighted by molar-refractivity contribution is 7.80. The van der Waals surface area contributed by atoms with Gasteiger partial charge in [-0.2, -0.15) is 0 Å². The van der Waals surface area contributed by atoms with Gasteiger partial charge in [0.2, 0.25) is 0 Å². The third-order valence-electron chi connectivity index (χ3n) is 3.92. The third-order valence-corrected chi connectivity index (χ3v) is 4.67. The topological polar surface area (TPSA) is 61.8 Å². The van der Waals surface area contributed by atoms with E-state index in [-0.39, 0.29) is 0 Å². The Hall–Kier alpha value is -1.19. The molecule has 0 spiro atoms. The van der Waals surface area contributed by atoms with Crippen LogP contribution in [0, 0.1) is 13.8 Å². The molecule has 1 aliphatic rings. The molecule has 1 aromatic rings. The van der Waals surface area contributed by atoms with Crippen LogP contribution in [0.1, 0.15) is 11.1 Å². The lowest BCUT2D eigenvalue weighted by Crippen LogP contribution is -3.14. The lowest BCUT2D eigenvalue weighted by atomic mass is 10.1. The van der Waals surface area contributed by atoms with Gasteiger partial charge in [0.25, 0.3) is 0 Å². The van der Waals surface area contributed by atoms with Crippen LogP contribution in [0.2, 0.25) is 5.02 Å². The Morgan fingerprint density at radius 1 is 1.16 bits per heavy atom. The first-order chi connectivity index (χ1) is 12.0. The molecular formula is C16H25ClN5OS2+. The van der Waals surface area contributed by atoms with Gasteiger partial charge in [-0.1, -0.05) is 17.7 Å². The Morgan fingerprint density at radius 2 is 1.84 bits per heavy atom. The van der Waals surface area contributed by atoms with Gasteiger partial charge < -0.3 is 20.3 Å². The number of benzene rings is 1. The maximum absolute atomic E-state index is 6.26. The van der Waals surface area contributed by atoms with Gasteiger partial charge in [-0.3, -0.25) is 10.9 Å². The minimum absolute atomic E-state index is 0.400. The van der Waals surface area contributed by atoms with Crippen LogP contribution in [0.4, 0.5) is 5.69 Å². The predicted molar refractivity (Wildman–Crippen MR) is 110 cm³/mol. The maximum Gasteiger partial charge on any atom is 0.189 e. The van der Waals surface area contributed by atoms with Gasteiger partial charge in [-0.05, 0) is 55.5 Å². The van der Waals surface area contributed by atoms with Crippen LogP contribution in [-0.2, 0) is 4.74 Å². The zero-order chi connectivity index (χ0) is 18.2. The molecule has 0 amide bonds. The number of hydrogen-bond acceptors (Lipinski definition) is 3. The summed E-state index contributed by atoms with van der Waals surface area (Å²) in [6.45, 7) is 9.55. The van der Waals surface area contributed by atoms with E-state index in [2.05, 4.69) is 21.5 Å². The van der Waals surface area contributed by atoms with Gasteiger partial charge in [-0.25, -0.2) is 0 Å². The van der Waals surface area contributed by atoms with E-state index in [9.17, 15) is 0 Å². The average Bonchev–Trinajstić information content (AvgIpc) is 2.57. The quantitative estimate of drug-likeness (QED) is 0.372. The second kappa shape index (κ2) is 10.1. The van der Waals surface area contributed by atoms with Crippen LogP contribution in [-0.4, -0.2) is 49.6 Å². The van der Waals surface area contributed by atoms with Gasteiger partial charge in [0.1, 0.15) is 13.1 Å². The van der Waals surface area contributed by atoms with Crippen LogP contribution in [0.3, 0.4) is 0 Å². The van der Waals surface area contributed by atoms with Gasteiger partial charge in [-0.15, -0.1) is 0 Å². The number of anilines is 1. The van der Waals surface area contributed by atoms with Crippen molar-refractivity contribution < 1.29 is 9.64 Å². The van der Waals surface area contributed by atoms with E-state index in [0.717, 1.165) is 56.2 Å². The van der Waals surface area contributed by atoms with Crippen LogP contribution in [0.25, 0.3) is 0 Å². The summed E-state index contributed by atoms with van der Waals surface area (Å²) in [6.07, 6.45) is 0. The summed E-state index contributed by atoms with van der Waals surface area (Å²) < 4.78 is 5.34. The Balaban J connectivity index is 1.68. The zero-order valence-electron chi connectivity index (χ0n) is 14.5. The van der Waals surface area contributed by atoms with Gasteiger partial charge in [0.05, 0.1) is 37.0 Å². The summed E-state index contributed by atoms with van der Waals surface area (Å²) in [5.74, 6) is 0. The molecule has 2 rings (SSSR count). The first-order valence-corrected chi connectivity index (χ1v) is 9.44. The highest BCUT2D eigenvalue weighted by atomic mass is 35.5. The molecule has 6 nitrogen and oxygen atoms in total. The number of thiocarbonyl (C=S) groups is 2. The van der Waals surface area contributed by atoms with Crippen molar-refractivity contribution in [1.82, 2.24) is 16.2 Å². The summed E-state index contributed by atoms with van der Waals surface area (Å²) >= 11 is 16.8. The smallest absolute Gasteiger partial charge is 0.189 e. The molecule has 9 heteroatoms. The van der Waals surface area contributed by atoms with Crippen LogP contribution >= 0.6 is 36.0 Å². The van der Waals surface area contributed by atoms with Gasteiger partial charge in [0, 0.05) is 0 Å². The molecular weight excluding hydrogens is 378 g/mol. The molecule has 25 heavy (non-hydrogen) atoms. The molecule has 0 aliphatic carbocycles. The SMILES string of the molecule is Cc1cc(C)c(NC(=S)NNC(=S)NCC[NH+]2CCOCC2)c(Cl)c1. The van der Waals surface area contributed by atoms with Crippen molar-refractivity contribution in [2.24, 2.45) is 0 Å². The molecule has 1 heterocycles. The Labute approximate surface area is 164 Å². The standard InChI is InChI=1S/C16H24ClN5OS2/c1-11-9-12(2)14(13(17)10-11)19-16(25)21-20-15(24)18-3-4-22-5-7-23-8-6-22/h9-10H,3-8H2,1-2H3,(H2,18,20,24)(H2,19,21,25)/p+1. The van der Waals surface area contributed by atoms with E-state index in [0.29, 0.717) is 15.2 Å². The number of rotatable bonds is 4. The number of hydrogen-bond donors (Lipinski definition) is 5. The minimum Gasteiger partial charge on any atom is -0.370 e. The number of quaternary nitrogens is 1. The van der Waals surface area contributed by atoms with E-state index in [4.69, 9.17) is 40.8 Å². The number of ether oxygens (including phenoxy) is 1. The highest BCUT2D eigenvalue weighted by Gasteiger charge is 2.13. The monoisotopic (exact) mass is 402 g/mol. The number of aryl methyl sites for hydroxylation is 2. The molecule has 138 valence electrons. The van der Waals surface area contributed by atoms with Gasteiger partial charge >= 0.3 is 0 Å². The average molecular weight is 403 g/mol. The predicted octanol–water partition coefficient (Wildman–Crippen LogP) is 0.537. The molecule has 1 aliphatic heterocycles. The molecule has 0 unspecified atom stereocenters. The molecule has 0 aromatic heterocycles. The van der Waals surface area contributed by atoms with E-state index < -0.39 is 0 Å². The molecule has 0 atom stereocenters. The summed E-state index contributed by atoms with van der Waals surface area (Å²) in [7, 11) is 0. The molecule has 1 fully saturated rings. The number of nitrogens with one attached hydrogen (secondary N) is 5. The molecule has 5 N–H and O–H groups in total. The summed E-state index contributed by atoms with van der Waals surface area (Å²) in [5, 5.41) is 7.79. The maximum atomic E-state index is 6.26. The minimum atomic E-state index is 0.400. The fraction of sp³-hybridized carbons (Fsp3) is 0.500. The third kappa shape index (κ3) is 6.91. The normalized spacial score (nSPS) is 14.7. The molecule has 1 saturated heterocycles. The number of morpholine rings is 1. The van der Waals surface area contributed by atoms with Crippen LogP contribution in [0.5, 0.6) is 0 Å². The Kier molecular flexibility index (Phi) is 8.11. The van der Waals surface area contributed by atoms with Crippen molar-refractivity contribution in [3.05, 3.63) is 28.3 Å². The first-order valence-electron chi connectivity index (χ1n) is 8.24. The summed E-state index contributed by atoms with van der Waals surface area (Å²) in [5.41, 5.74) is 8.68. The Bertz CT molecular complexity index is 600. The van der Waals surface area contributed by atoms with Crippen LogP contribution < -0.4 is 26.4 Å². The van der Waals surface area contributed by atoms with E-state index >= 15 is 0 Å². The largest absolute Gasteiger partial charge is 0.370 e. The van der Waals surface area contributed by atoms with E-state index in [1.165, 1.54) is 4.90 Å². The second-order valence-electron chi connectivity index (χ2n) is 6.01. The highest BCUT2D eigenvalue weighted by Crippen LogP contribution is 2.27. The van der Waals surface area contributed by atoms with Crippen molar-refractivity contribution in [3.8, 4) is 0 Å². The van der Waals surface area contributed by atoms with Crippen molar-refractivity contribution >= 4 is 51.9 Å². The molecule has 0 radical (unpaired) electrons. The lowest BCUT2D eigenvalue weighted by Gasteiger charge is -2.24. The van der Waals surface area contributed by atoms with E-state index in [1.54, 1.807) is 0 Å². The Morgan fingerprint density at radius 3 is 2.52 bits per heavy atom. The molecule has 1 aromatic carbocycles. The fourth-order valence-electron chi connectivity index (χ4n) is 2.64. The number of halogens is 1. The zero-order valence-corrected chi connectivity index (χ0v) is 16.9.